The number of anilines is 1. The number of piperazine rings is 1. The number of ether oxygens (including phenoxy) is 1. The van der Waals surface area contributed by atoms with Crippen molar-refractivity contribution < 1.29 is 24.5 Å². The molecule has 0 saturated carbocycles. The molecule has 0 bridgehead atoms. The number of aromatic hydroxyl groups is 1. The smallest absolute Gasteiger partial charge is 0.322 e. The van der Waals surface area contributed by atoms with E-state index in [0.717, 1.165) is 42.9 Å². The van der Waals surface area contributed by atoms with Crippen molar-refractivity contribution in [3.8, 4) is 11.5 Å². The molecule has 10 heteroatoms. The second-order valence-corrected chi connectivity index (χ2v) is 7.68. The summed E-state index contributed by atoms with van der Waals surface area (Å²) in [5, 5.41) is 20.9. The summed E-state index contributed by atoms with van der Waals surface area (Å²) in [7, 11) is 0. The van der Waals surface area contributed by atoms with Crippen LogP contribution in [0.2, 0.25) is 0 Å². The third-order valence-corrected chi connectivity index (χ3v) is 5.22. The second kappa shape index (κ2) is 10.3. The van der Waals surface area contributed by atoms with E-state index >= 15 is 0 Å². The largest absolute Gasteiger partial charge is 0.505 e. The number of nitrogens with zero attached hydrogens (tertiary/aromatic N) is 3. The highest BCUT2D eigenvalue weighted by atomic mass is 79.9. The predicted molar refractivity (Wildman–Crippen MR) is 114 cm³/mol. The number of halogens is 1. The van der Waals surface area contributed by atoms with Gasteiger partial charge in [-0.05, 0) is 24.3 Å². The van der Waals surface area contributed by atoms with Crippen LogP contribution in [0.1, 0.15) is 10.5 Å². The summed E-state index contributed by atoms with van der Waals surface area (Å²) in [5.74, 6) is -1.33. The van der Waals surface area contributed by atoms with Gasteiger partial charge in [0.1, 0.15) is 24.7 Å². The first kappa shape index (κ1) is 21.8. The molecular weight excluding hydrogens is 456 g/mol. The van der Waals surface area contributed by atoms with Gasteiger partial charge in [0.25, 0.3) is 5.91 Å². The average Bonchev–Trinajstić information content (AvgIpc) is 2.74. The molecular formula is C20H23BrN4O5. The van der Waals surface area contributed by atoms with Crippen LogP contribution >= 0.6 is 15.9 Å². The normalized spacial score (nSPS) is 14.4. The fraction of sp³-hybridized carbons (Fsp3) is 0.350. The number of amides is 1. The van der Waals surface area contributed by atoms with Crippen molar-refractivity contribution in [3.05, 3.63) is 46.7 Å². The molecule has 160 valence electrons. The molecule has 0 unspecified atom stereocenters. The molecule has 0 atom stereocenters. The molecule has 0 spiro atoms. The van der Waals surface area contributed by atoms with Gasteiger partial charge in [0.15, 0.2) is 5.69 Å². The van der Waals surface area contributed by atoms with Crippen molar-refractivity contribution in [2.45, 2.75) is 0 Å². The number of hydrogen-bond acceptors (Lipinski definition) is 7. The van der Waals surface area contributed by atoms with Gasteiger partial charge >= 0.3 is 5.97 Å². The van der Waals surface area contributed by atoms with Crippen LogP contribution in [0.3, 0.4) is 0 Å². The van der Waals surface area contributed by atoms with Crippen LogP contribution in [0, 0.1) is 0 Å². The Morgan fingerprint density at radius 3 is 2.50 bits per heavy atom. The SMILES string of the molecule is O=C(O)CNC(=O)c1ncc(N2CCN(CCOc3ccc(Br)cc3)CC2)cc1O. The number of carbonyl (C=O) groups is 2. The van der Waals surface area contributed by atoms with Crippen LogP contribution in [0.15, 0.2) is 41.0 Å². The minimum absolute atomic E-state index is 0.191. The Bertz CT molecular complexity index is 885. The number of aliphatic carboxylic acids is 1. The molecule has 0 aliphatic carbocycles. The number of carboxylic acid groups (broad SMARTS) is 1. The van der Waals surface area contributed by atoms with Crippen LogP contribution in [-0.2, 0) is 4.79 Å². The Kier molecular flexibility index (Phi) is 7.47. The molecule has 1 fully saturated rings. The summed E-state index contributed by atoms with van der Waals surface area (Å²) < 4.78 is 6.78. The van der Waals surface area contributed by atoms with Crippen molar-refractivity contribution in [1.29, 1.82) is 0 Å². The topological polar surface area (TPSA) is 115 Å². The Morgan fingerprint density at radius 2 is 1.87 bits per heavy atom. The van der Waals surface area contributed by atoms with E-state index in [1.54, 1.807) is 0 Å². The molecule has 1 aromatic heterocycles. The van der Waals surface area contributed by atoms with Gasteiger partial charge < -0.3 is 25.2 Å². The lowest BCUT2D eigenvalue weighted by molar-refractivity contribution is -0.135. The minimum Gasteiger partial charge on any atom is -0.505 e. The van der Waals surface area contributed by atoms with Crippen LogP contribution < -0.4 is 15.0 Å². The van der Waals surface area contributed by atoms with E-state index < -0.39 is 18.4 Å². The van der Waals surface area contributed by atoms with E-state index in [1.807, 2.05) is 24.3 Å². The number of benzene rings is 1. The lowest BCUT2D eigenvalue weighted by atomic mass is 10.2. The van der Waals surface area contributed by atoms with Crippen molar-refractivity contribution in [1.82, 2.24) is 15.2 Å². The standard InChI is InChI=1S/C20H23BrN4O5/c21-14-1-3-16(4-2-14)30-10-9-24-5-7-25(8-6-24)15-11-17(26)19(22-12-15)20(29)23-13-18(27)28/h1-4,11-12,26H,5-10,13H2,(H,23,29)(H,27,28). The zero-order valence-corrected chi connectivity index (χ0v) is 17.8. The first-order valence-corrected chi connectivity index (χ1v) is 10.3. The highest BCUT2D eigenvalue weighted by molar-refractivity contribution is 9.10. The maximum absolute atomic E-state index is 11.9. The monoisotopic (exact) mass is 478 g/mol. The Morgan fingerprint density at radius 1 is 1.17 bits per heavy atom. The molecule has 1 amide bonds. The summed E-state index contributed by atoms with van der Waals surface area (Å²) in [5.41, 5.74) is 0.525. The van der Waals surface area contributed by atoms with E-state index in [9.17, 15) is 14.7 Å². The number of rotatable bonds is 8. The number of pyridine rings is 1. The van der Waals surface area contributed by atoms with Gasteiger partial charge in [0, 0.05) is 43.3 Å². The lowest BCUT2D eigenvalue weighted by Crippen LogP contribution is -2.47. The molecule has 1 saturated heterocycles. The van der Waals surface area contributed by atoms with E-state index in [-0.39, 0.29) is 11.4 Å². The van der Waals surface area contributed by atoms with Crippen molar-refractivity contribution in [3.63, 3.8) is 0 Å². The van der Waals surface area contributed by atoms with E-state index in [0.29, 0.717) is 12.3 Å². The van der Waals surface area contributed by atoms with E-state index in [4.69, 9.17) is 9.84 Å². The summed E-state index contributed by atoms with van der Waals surface area (Å²) in [6, 6.07) is 9.21. The molecule has 1 aromatic carbocycles. The van der Waals surface area contributed by atoms with Gasteiger partial charge in [0.05, 0.1) is 11.9 Å². The van der Waals surface area contributed by atoms with E-state index in [1.165, 1.54) is 12.3 Å². The minimum atomic E-state index is -1.17. The molecule has 2 aromatic rings. The van der Waals surface area contributed by atoms with Crippen LogP contribution in [-0.4, -0.2) is 77.8 Å². The fourth-order valence-corrected chi connectivity index (χ4v) is 3.35. The zero-order chi connectivity index (χ0) is 21.5. The van der Waals surface area contributed by atoms with Crippen LogP contribution in [0.4, 0.5) is 5.69 Å². The van der Waals surface area contributed by atoms with Crippen molar-refractivity contribution in [2.75, 3.05) is 50.8 Å². The third-order valence-electron chi connectivity index (χ3n) is 4.70. The van der Waals surface area contributed by atoms with Crippen molar-refractivity contribution in [2.24, 2.45) is 0 Å². The predicted octanol–water partition coefficient (Wildman–Crippen LogP) is 1.57. The molecule has 0 radical (unpaired) electrons. The molecule has 2 heterocycles. The van der Waals surface area contributed by atoms with Crippen molar-refractivity contribution >= 4 is 33.5 Å². The second-order valence-electron chi connectivity index (χ2n) is 6.77. The first-order valence-electron chi connectivity index (χ1n) is 9.47. The summed E-state index contributed by atoms with van der Waals surface area (Å²) in [6.07, 6.45) is 1.52. The van der Waals surface area contributed by atoms with Crippen LogP contribution in [0.5, 0.6) is 11.5 Å². The van der Waals surface area contributed by atoms with Crippen LogP contribution in [0.25, 0.3) is 0 Å². The number of nitrogens with one attached hydrogen (secondary N) is 1. The van der Waals surface area contributed by atoms with Gasteiger partial charge in [-0.1, -0.05) is 15.9 Å². The Labute approximate surface area is 182 Å². The summed E-state index contributed by atoms with van der Waals surface area (Å²) >= 11 is 3.40. The van der Waals surface area contributed by atoms with Gasteiger partial charge in [-0.2, -0.15) is 0 Å². The Hall–Kier alpha value is -2.85. The average molecular weight is 479 g/mol. The van der Waals surface area contributed by atoms with Gasteiger partial charge in [-0.15, -0.1) is 0 Å². The molecule has 1 aliphatic rings. The summed E-state index contributed by atoms with van der Waals surface area (Å²) in [6.45, 7) is 4.07. The summed E-state index contributed by atoms with van der Waals surface area (Å²) in [4.78, 5) is 30.8. The quantitative estimate of drug-likeness (QED) is 0.523. The number of carbonyl (C=O) groups excluding carboxylic acids is 1. The maximum atomic E-state index is 11.9. The third kappa shape index (κ3) is 6.07. The molecule has 9 nitrogen and oxygen atoms in total. The van der Waals surface area contributed by atoms with Gasteiger partial charge in [-0.25, -0.2) is 4.98 Å². The highest BCUT2D eigenvalue weighted by Crippen LogP contribution is 2.23. The number of aromatic nitrogens is 1. The highest BCUT2D eigenvalue weighted by Gasteiger charge is 2.20. The number of hydrogen-bond donors (Lipinski definition) is 3. The molecule has 1 aliphatic heterocycles. The van der Waals surface area contributed by atoms with Gasteiger partial charge in [0.2, 0.25) is 0 Å². The molecule has 30 heavy (non-hydrogen) atoms. The lowest BCUT2D eigenvalue weighted by Gasteiger charge is -2.35. The van der Waals surface area contributed by atoms with E-state index in [2.05, 4.69) is 36.0 Å². The molecule has 3 N–H and O–H groups in total. The fourth-order valence-electron chi connectivity index (χ4n) is 3.08. The number of carboxylic acids is 1. The molecule has 3 rings (SSSR count). The first-order chi connectivity index (χ1) is 14.4. The van der Waals surface area contributed by atoms with Gasteiger partial charge in [-0.3, -0.25) is 14.5 Å². The Balaban J connectivity index is 1.46. The maximum Gasteiger partial charge on any atom is 0.322 e. The zero-order valence-electron chi connectivity index (χ0n) is 16.3.